The third-order valence-electron chi connectivity index (χ3n) is 2.86. The van der Waals surface area contributed by atoms with Crippen molar-refractivity contribution in [1.29, 1.82) is 0 Å². The maximum Gasteiger partial charge on any atom is 0.0589 e. The van der Waals surface area contributed by atoms with Crippen molar-refractivity contribution in [2.45, 2.75) is 19.9 Å². The van der Waals surface area contributed by atoms with Crippen molar-refractivity contribution in [3.05, 3.63) is 20.3 Å². The molecule has 1 unspecified atom stereocenters. The average molecular weight is 321 g/mol. The molecule has 1 heterocycles. The van der Waals surface area contributed by atoms with Crippen molar-refractivity contribution in [1.82, 2.24) is 4.90 Å². The van der Waals surface area contributed by atoms with Crippen LogP contribution in [0.1, 0.15) is 22.7 Å². The van der Waals surface area contributed by atoms with Gasteiger partial charge in [0.2, 0.25) is 0 Å². The molecule has 0 spiro atoms. The van der Waals surface area contributed by atoms with E-state index < -0.39 is 0 Å². The standard InChI is InChI=1S/C12H21BrN2OS/c1-4-15(5-6-16-3)11(8-14)12-7-10(13)9(2)17-12/h7,11H,4-6,8,14H2,1-3H3. The number of aryl methyl sites for hydroxylation is 1. The Morgan fingerprint density at radius 3 is 2.71 bits per heavy atom. The summed E-state index contributed by atoms with van der Waals surface area (Å²) in [5.74, 6) is 0. The Bertz CT molecular complexity index is 324. The van der Waals surface area contributed by atoms with Crippen LogP contribution in [-0.2, 0) is 4.74 Å². The SMILES string of the molecule is CCN(CCOC)C(CN)c1cc(Br)c(C)s1. The summed E-state index contributed by atoms with van der Waals surface area (Å²) in [4.78, 5) is 5.00. The van der Waals surface area contributed by atoms with Crippen molar-refractivity contribution >= 4 is 27.3 Å². The second-order valence-electron chi connectivity index (χ2n) is 3.93. The van der Waals surface area contributed by atoms with Crippen LogP contribution in [0.3, 0.4) is 0 Å². The van der Waals surface area contributed by atoms with Gasteiger partial charge in [-0.15, -0.1) is 11.3 Å². The van der Waals surface area contributed by atoms with Gasteiger partial charge in [0.1, 0.15) is 0 Å². The fourth-order valence-electron chi connectivity index (χ4n) is 1.83. The Labute approximate surface area is 116 Å². The molecule has 0 amide bonds. The number of rotatable bonds is 7. The number of hydrogen-bond acceptors (Lipinski definition) is 4. The minimum atomic E-state index is 0.296. The summed E-state index contributed by atoms with van der Waals surface area (Å²) in [5.41, 5.74) is 5.92. The van der Waals surface area contributed by atoms with Crippen molar-refractivity contribution in [2.24, 2.45) is 5.73 Å². The maximum atomic E-state index is 5.92. The number of thiophene rings is 1. The summed E-state index contributed by atoms with van der Waals surface area (Å²) in [7, 11) is 1.73. The van der Waals surface area contributed by atoms with Gasteiger partial charge in [0.05, 0.1) is 12.6 Å². The van der Waals surface area contributed by atoms with E-state index in [1.807, 2.05) is 11.3 Å². The first-order valence-corrected chi connectivity index (χ1v) is 7.43. The molecule has 0 fully saturated rings. The highest BCUT2D eigenvalue weighted by Crippen LogP contribution is 2.32. The smallest absolute Gasteiger partial charge is 0.0589 e. The van der Waals surface area contributed by atoms with Gasteiger partial charge in [0.15, 0.2) is 0 Å². The lowest BCUT2D eigenvalue weighted by atomic mass is 10.2. The Hall–Kier alpha value is 0.0600. The van der Waals surface area contributed by atoms with E-state index >= 15 is 0 Å². The lowest BCUT2D eigenvalue weighted by molar-refractivity contribution is 0.127. The molecule has 0 saturated carbocycles. The first-order chi connectivity index (χ1) is 8.13. The molecular formula is C12H21BrN2OS. The molecule has 0 saturated heterocycles. The van der Waals surface area contributed by atoms with Gasteiger partial charge in [-0.1, -0.05) is 6.92 Å². The first kappa shape index (κ1) is 15.1. The third kappa shape index (κ3) is 4.03. The molecule has 0 aliphatic carbocycles. The molecule has 1 aromatic heterocycles. The minimum Gasteiger partial charge on any atom is -0.383 e. The molecule has 0 aliphatic heterocycles. The summed E-state index contributed by atoms with van der Waals surface area (Å²) < 4.78 is 6.32. The predicted molar refractivity (Wildman–Crippen MR) is 77.7 cm³/mol. The number of methoxy groups -OCH3 is 1. The molecule has 2 N–H and O–H groups in total. The Morgan fingerprint density at radius 1 is 1.59 bits per heavy atom. The second kappa shape index (κ2) is 7.48. The maximum absolute atomic E-state index is 5.92. The Kier molecular flexibility index (Phi) is 6.66. The van der Waals surface area contributed by atoms with Crippen molar-refractivity contribution in [3.63, 3.8) is 0 Å². The molecule has 3 nitrogen and oxygen atoms in total. The normalized spacial score (nSPS) is 13.3. The van der Waals surface area contributed by atoms with E-state index in [2.05, 4.69) is 40.7 Å². The summed E-state index contributed by atoms with van der Waals surface area (Å²) in [6, 6.07) is 2.48. The minimum absolute atomic E-state index is 0.296. The number of hydrogen-bond donors (Lipinski definition) is 1. The average Bonchev–Trinajstić information content (AvgIpc) is 2.64. The van der Waals surface area contributed by atoms with Gasteiger partial charge in [0, 0.05) is 34.4 Å². The molecule has 0 radical (unpaired) electrons. The van der Waals surface area contributed by atoms with Crippen LogP contribution >= 0.6 is 27.3 Å². The van der Waals surface area contributed by atoms with E-state index in [1.165, 1.54) is 14.2 Å². The van der Waals surface area contributed by atoms with Crippen LogP contribution in [-0.4, -0.2) is 38.3 Å². The van der Waals surface area contributed by atoms with Crippen LogP contribution in [0.25, 0.3) is 0 Å². The van der Waals surface area contributed by atoms with Gasteiger partial charge in [-0.3, -0.25) is 4.90 Å². The molecular weight excluding hydrogens is 300 g/mol. The van der Waals surface area contributed by atoms with Crippen LogP contribution in [0.15, 0.2) is 10.5 Å². The molecule has 0 bridgehead atoms. The number of halogens is 1. The largest absolute Gasteiger partial charge is 0.383 e. The molecule has 1 rings (SSSR count). The van der Waals surface area contributed by atoms with Gasteiger partial charge in [0.25, 0.3) is 0 Å². The van der Waals surface area contributed by atoms with Crippen molar-refractivity contribution in [2.75, 3.05) is 33.4 Å². The van der Waals surface area contributed by atoms with Crippen molar-refractivity contribution < 1.29 is 4.74 Å². The summed E-state index contributed by atoms with van der Waals surface area (Å²) >= 11 is 5.38. The molecule has 1 atom stereocenters. The second-order valence-corrected chi connectivity index (χ2v) is 6.07. The van der Waals surface area contributed by atoms with Gasteiger partial charge >= 0.3 is 0 Å². The molecule has 98 valence electrons. The van der Waals surface area contributed by atoms with Crippen LogP contribution in [0, 0.1) is 6.92 Å². The number of nitrogens with zero attached hydrogens (tertiary/aromatic N) is 1. The topological polar surface area (TPSA) is 38.5 Å². The van der Waals surface area contributed by atoms with E-state index in [9.17, 15) is 0 Å². The molecule has 5 heteroatoms. The van der Waals surface area contributed by atoms with E-state index in [-0.39, 0.29) is 0 Å². The lowest BCUT2D eigenvalue weighted by Crippen LogP contribution is -2.35. The van der Waals surface area contributed by atoms with Crippen molar-refractivity contribution in [3.8, 4) is 0 Å². The number of likely N-dealkylation sites (N-methyl/N-ethyl adjacent to an activating group) is 1. The number of ether oxygens (including phenoxy) is 1. The van der Waals surface area contributed by atoms with Crippen LogP contribution < -0.4 is 5.73 Å². The summed E-state index contributed by atoms with van der Waals surface area (Å²) in [6.45, 7) is 7.58. The quantitative estimate of drug-likeness (QED) is 0.839. The van der Waals surface area contributed by atoms with E-state index in [1.54, 1.807) is 7.11 Å². The zero-order valence-corrected chi connectivity index (χ0v) is 13.1. The highest BCUT2D eigenvalue weighted by Gasteiger charge is 2.20. The van der Waals surface area contributed by atoms with E-state index in [0.717, 1.165) is 19.7 Å². The fraction of sp³-hybridized carbons (Fsp3) is 0.667. The van der Waals surface area contributed by atoms with Gasteiger partial charge in [-0.05, 0) is 35.5 Å². The first-order valence-electron chi connectivity index (χ1n) is 5.82. The third-order valence-corrected chi connectivity index (χ3v) is 5.10. The zero-order chi connectivity index (χ0) is 12.8. The Balaban J connectivity index is 2.80. The lowest BCUT2D eigenvalue weighted by Gasteiger charge is -2.28. The molecule has 0 aromatic carbocycles. The van der Waals surface area contributed by atoms with E-state index in [4.69, 9.17) is 10.5 Å². The van der Waals surface area contributed by atoms with E-state index in [0.29, 0.717) is 12.6 Å². The van der Waals surface area contributed by atoms with Gasteiger partial charge < -0.3 is 10.5 Å². The van der Waals surface area contributed by atoms with Gasteiger partial charge in [-0.25, -0.2) is 0 Å². The Morgan fingerprint density at radius 2 is 2.29 bits per heavy atom. The fourth-order valence-corrected chi connectivity index (χ4v) is 3.54. The summed E-state index contributed by atoms with van der Waals surface area (Å²) in [6.07, 6.45) is 0. The number of nitrogens with two attached hydrogens (primary N) is 1. The molecule has 1 aromatic rings. The molecule has 17 heavy (non-hydrogen) atoms. The van der Waals surface area contributed by atoms with Crippen LogP contribution in [0.5, 0.6) is 0 Å². The summed E-state index contributed by atoms with van der Waals surface area (Å²) in [5, 5.41) is 0. The molecule has 0 aliphatic rings. The predicted octanol–water partition coefficient (Wildman–Crippen LogP) is 2.79. The zero-order valence-electron chi connectivity index (χ0n) is 10.7. The van der Waals surface area contributed by atoms with Gasteiger partial charge in [-0.2, -0.15) is 0 Å². The van der Waals surface area contributed by atoms with Crippen LogP contribution in [0.2, 0.25) is 0 Å². The monoisotopic (exact) mass is 320 g/mol. The van der Waals surface area contributed by atoms with Crippen LogP contribution in [0.4, 0.5) is 0 Å². The highest BCUT2D eigenvalue weighted by molar-refractivity contribution is 9.10. The highest BCUT2D eigenvalue weighted by atomic mass is 79.9.